The predicted molar refractivity (Wildman–Crippen MR) is 22.9 cm³/mol. The number of ether oxygens (including phenoxy) is 1. The van der Waals surface area contributed by atoms with E-state index in [2.05, 4.69) is 4.74 Å². The van der Waals surface area contributed by atoms with Crippen LogP contribution in [0.4, 0.5) is 4.39 Å². The van der Waals surface area contributed by atoms with Gasteiger partial charge in [0.25, 0.3) is 5.85 Å². The zero-order valence-corrected chi connectivity index (χ0v) is 4.17. The smallest absolute Gasteiger partial charge is 0.258 e. The molecule has 2 atom stereocenters. The van der Waals surface area contributed by atoms with E-state index in [1.54, 1.807) is 0 Å². The van der Waals surface area contributed by atoms with E-state index >= 15 is 0 Å². The van der Waals surface area contributed by atoms with Gasteiger partial charge in [0.05, 0.1) is 6.61 Å². The van der Waals surface area contributed by atoms with Gasteiger partial charge < -0.3 is 14.9 Å². The van der Waals surface area contributed by atoms with E-state index in [0.717, 1.165) is 0 Å². The first-order valence-corrected chi connectivity index (χ1v) is 2.30. The number of aliphatic hydroxyl groups is 2. The van der Waals surface area contributed by atoms with Crippen molar-refractivity contribution in [2.75, 3.05) is 13.2 Å². The van der Waals surface area contributed by atoms with E-state index in [0.29, 0.717) is 0 Å². The van der Waals surface area contributed by atoms with E-state index < -0.39 is 18.6 Å². The van der Waals surface area contributed by atoms with Crippen LogP contribution in [0.25, 0.3) is 0 Å². The van der Waals surface area contributed by atoms with Crippen LogP contribution >= 0.6 is 0 Å². The molecule has 3 nitrogen and oxygen atoms in total. The molecule has 0 radical (unpaired) electrons. The Hall–Kier alpha value is -0.190. The Morgan fingerprint density at radius 2 is 2.38 bits per heavy atom. The summed E-state index contributed by atoms with van der Waals surface area (Å²) in [5.74, 6) is -2.51. The number of rotatable bonds is 0. The second-order valence-corrected chi connectivity index (χ2v) is 1.85. The van der Waals surface area contributed by atoms with E-state index in [1.165, 1.54) is 0 Å². The lowest BCUT2D eigenvalue weighted by Gasteiger charge is -2.11. The molecule has 1 saturated heterocycles. The maximum absolute atomic E-state index is 12.2. The highest BCUT2D eigenvalue weighted by Crippen LogP contribution is 2.19. The van der Waals surface area contributed by atoms with Gasteiger partial charge >= 0.3 is 0 Å². The van der Waals surface area contributed by atoms with Crippen LogP contribution in [0.15, 0.2) is 0 Å². The molecule has 0 spiro atoms. The average Bonchev–Trinajstić information content (AvgIpc) is 1.86. The van der Waals surface area contributed by atoms with Gasteiger partial charge in [-0.1, -0.05) is 0 Å². The van der Waals surface area contributed by atoms with E-state index in [1.807, 2.05) is 0 Å². The molecule has 8 heavy (non-hydrogen) atoms. The Bertz CT molecular complexity index is 93.3. The van der Waals surface area contributed by atoms with Crippen molar-refractivity contribution in [3.63, 3.8) is 0 Å². The third-order valence-electron chi connectivity index (χ3n) is 1.09. The molecule has 4 heteroatoms. The van der Waals surface area contributed by atoms with Crippen LogP contribution < -0.4 is 0 Å². The van der Waals surface area contributed by atoms with Crippen LogP contribution in [0.3, 0.4) is 0 Å². The molecular formula is C4H7FO3. The number of hydrogen-bond acceptors (Lipinski definition) is 3. The molecule has 0 amide bonds. The van der Waals surface area contributed by atoms with E-state index in [9.17, 15) is 4.39 Å². The molecule has 1 heterocycles. The van der Waals surface area contributed by atoms with E-state index in [-0.39, 0.29) is 6.61 Å². The highest BCUT2D eigenvalue weighted by Gasteiger charge is 2.41. The first-order valence-electron chi connectivity index (χ1n) is 2.30. The summed E-state index contributed by atoms with van der Waals surface area (Å²) in [7, 11) is 0. The summed E-state index contributed by atoms with van der Waals surface area (Å²) in [4.78, 5) is 0. The normalized spacial score (nSPS) is 47.6. The van der Waals surface area contributed by atoms with Crippen LogP contribution in [-0.4, -0.2) is 35.4 Å². The lowest BCUT2D eigenvalue weighted by molar-refractivity contribution is -0.143. The third-order valence-corrected chi connectivity index (χ3v) is 1.09. The molecule has 0 aromatic heterocycles. The second kappa shape index (κ2) is 1.65. The zero-order valence-electron chi connectivity index (χ0n) is 4.17. The fourth-order valence-corrected chi connectivity index (χ4v) is 0.538. The van der Waals surface area contributed by atoms with Gasteiger partial charge in [0.15, 0.2) is 0 Å². The topological polar surface area (TPSA) is 49.7 Å². The number of alkyl halides is 1. The highest BCUT2D eigenvalue weighted by atomic mass is 19.2. The van der Waals surface area contributed by atoms with Crippen molar-refractivity contribution in [3.05, 3.63) is 0 Å². The van der Waals surface area contributed by atoms with Gasteiger partial charge in [-0.05, 0) is 0 Å². The first-order chi connectivity index (χ1) is 3.63. The van der Waals surface area contributed by atoms with Crippen molar-refractivity contribution >= 4 is 0 Å². The lowest BCUT2D eigenvalue weighted by atomic mass is 10.2. The average molecular weight is 122 g/mol. The van der Waals surface area contributed by atoms with Gasteiger partial charge in [-0.25, -0.2) is 4.39 Å². The van der Waals surface area contributed by atoms with Crippen LogP contribution in [0.1, 0.15) is 0 Å². The standard InChI is InChI=1S/C4H7FO3/c5-4(7)2-8-1-3(4)6/h3,6-7H,1-2H2/t3-,4-/m1/s1. The summed E-state index contributed by atoms with van der Waals surface area (Å²) >= 11 is 0. The van der Waals surface area contributed by atoms with Crippen LogP contribution in [0.2, 0.25) is 0 Å². The number of aliphatic hydroxyl groups excluding tert-OH is 1. The quantitative estimate of drug-likeness (QED) is 0.435. The molecule has 1 rings (SSSR count). The second-order valence-electron chi connectivity index (χ2n) is 1.85. The summed E-state index contributed by atoms with van der Waals surface area (Å²) in [6, 6.07) is 0. The maximum Gasteiger partial charge on any atom is 0.258 e. The third kappa shape index (κ3) is 0.819. The predicted octanol–water partition coefficient (Wildman–Crippen LogP) is -0.964. The maximum atomic E-state index is 12.2. The first kappa shape index (κ1) is 5.94. The summed E-state index contributed by atoms with van der Waals surface area (Å²) in [6.45, 7) is -0.541. The van der Waals surface area contributed by atoms with Crippen LogP contribution in [0.5, 0.6) is 0 Å². The Morgan fingerprint density at radius 1 is 1.75 bits per heavy atom. The van der Waals surface area contributed by atoms with Gasteiger partial charge in [0, 0.05) is 0 Å². The Morgan fingerprint density at radius 3 is 2.50 bits per heavy atom. The SMILES string of the molecule is O[C@@H]1COC[C@]1(O)F. The van der Waals surface area contributed by atoms with Crippen molar-refractivity contribution in [1.82, 2.24) is 0 Å². The van der Waals surface area contributed by atoms with E-state index in [4.69, 9.17) is 10.2 Å². The van der Waals surface area contributed by atoms with Crippen molar-refractivity contribution in [2.45, 2.75) is 12.0 Å². The molecule has 2 N–H and O–H groups in total. The Labute approximate surface area is 45.7 Å². The minimum atomic E-state index is -2.51. The van der Waals surface area contributed by atoms with Gasteiger partial charge in [0.1, 0.15) is 12.7 Å². The number of hydrogen-bond donors (Lipinski definition) is 2. The Kier molecular flexibility index (Phi) is 1.22. The zero-order chi connectivity index (χ0) is 6.20. The molecule has 0 aromatic carbocycles. The molecule has 1 aliphatic rings. The molecular weight excluding hydrogens is 115 g/mol. The Balaban J connectivity index is 2.54. The van der Waals surface area contributed by atoms with Crippen molar-refractivity contribution < 1.29 is 19.3 Å². The molecule has 0 bridgehead atoms. The van der Waals surface area contributed by atoms with Crippen LogP contribution in [0, 0.1) is 0 Å². The minimum Gasteiger partial charge on any atom is -0.385 e. The number of halogens is 1. The summed E-state index contributed by atoms with van der Waals surface area (Å²) in [6.07, 6.45) is -1.37. The molecule has 0 unspecified atom stereocenters. The summed E-state index contributed by atoms with van der Waals surface area (Å²) < 4.78 is 16.6. The molecule has 48 valence electrons. The fraction of sp³-hybridized carbons (Fsp3) is 1.00. The van der Waals surface area contributed by atoms with Crippen molar-refractivity contribution in [2.24, 2.45) is 0 Å². The minimum absolute atomic E-state index is 0.118. The van der Waals surface area contributed by atoms with Crippen LogP contribution in [-0.2, 0) is 4.74 Å². The van der Waals surface area contributed by atoms with Gasteiger partial charge in [-0.2, -0.15) is 0 Å². The molecule has 0 aliphatic carbocycles. The summed E-state index contributed by atoms with van der Waals surface area (Å²) in [5, 5.41) is 16.9. The molecule has 0 aromatic rings. The van der Waals surface area contributed by atoms with Gasteiger partial charge in [-0.3, -0.25) is 0 Å². The molecule has 1 fully saturated rings. The molecule has 1 aliphatic heterocycles. The largest absolute Gasteiger partial charge is 0.385 e. The van der Waals surface area contributed by atoms with Crippen molar-refractivity contribution in [3.8, 4) is 0 Å². The van der Waals surface area contributed by atoms with Gasteiger partial charge in [0.2, 0.25) is 0 Å². The van der Waals surface area contributed by atoms with Gasteiger partial charge in [-0.15, -0.1) is 0 Å². The lowest BCUT2D eigenvalue weighted by Crippen LogP contribution is -2.35. The molecule has 0 saturated carbocycles. The highest BCUT2D eigenvalue weighted by molar-refractivity contribution is 4.80. The summed E-state index contributed by atoms with van der Waals surface area (Å²) in [5.41, 5.74) is 0. The fourth-order valence-electron chi connectivity index (χ4n) is 0.538. The monoisotopic (exact) mass is 122 g/mol. The van der Waals surface area contributed by atoms with Crippen molar-refractivity contribution in [1.29, 1.82) is 0 Å².